The molecule has 1 aliphatic heterocycles. The van der Waals surface area contributed by atoms with E-state index in [1.165, 1.54) is 0 Å². The van der Waals surface area contributed by atoms with Crippen molar-refractivity contribution in [2.75, 3.05) is 31.9 Å². The molecule has 128 valence electrons. The van der Waals surface area contributed by atoms with Crippen LogP contribution in [-0.2, 0) is 0 Å². The van der Waals surface area contributed by atoms with Crippen molar-refractivity contribution in [3.05, 3.63) is 46.7 Å². The number of benzene rings is 1. The van der Waals surface area contributed by atoms with Crippen LogP contribution in [0.5, 0.6) is 0 Å². The van der Waals surface area contributed by atoms with Crippen LogP contribution in [0.15, 0.2) is 41.1 Å². The lowest BCUT2D eigenvalue weighted by Crippen LogP contribution is -2.46. The molecule has 2 aromatic heterocycles. The van der Waals surface area contributed by atoms with Gasteiger partial charge in [-0.25, -0.2) is 4.98 Å². The number of fused-ring (bicyclic) bond motifs is 1. The van der Waals surface area contributed by atoms with E-state index >= 15 is 0 Å². The predicted molar refractivity (Wildman–Crippen MR) is 99.8 cm³/mol. The molecule has 0 aliphatic carbocycles. The van der Waals surface area contributed by atoms with Crippen LogP contribution >= 0.6 is 15.9 Å². The minimum absolute atomic E-state index is 0.0367. The van der Waals surface area contributed by atoms with Crippen LogP contribution in [0.4, 0.5) is 5.95 Å². The van der Waals surface area contributed by atoms with Crippen LogP contribution in [0.2, 0.25) is 0 Å². The van der Waals surface area contributed by atoms with Gasteiger partial charge < -0.3 is 20.5 Å². The molecule has 0 saturated carbocycles. The summed E-state index contributed by atoms with van der Waals surface area (Å²) in [6, 6.07) is 7.64. The molecule has 0 bridgehead atoms. The third kappa shape index (κ3) is 2.98. The monoisotopic (exact) mass is 400 g/mol. The first-order valence-corrected chi connectivity index (χ1v) is 8.82. The first kappa shape index (κ1) is 16.0. The zero-order chi connectivity index (χ0) is 17.4. The van der Waals surface area contributed by atoms with E-state index in [2.05, 4.69) is 31.2 Å². The second-order valence-corrected chi connectivity index (χ2v) is 6.81. The second-order valence-electron chi connectivity index (χ2n) is 5.89. The number of carbonyl (C=O) groups excluding carboxylic acids is 1. The molecule has 0 spiro atoms. The van der Waals surface area contributed by atoms with Crippen molar-refractivity contribution in [1.82, 2.24) is 24.8 Å². The highest BCUT2D eigenvalue weighted by atomic mass is 79.9. The van der Waals surface area contributed by atoms with Crippen LogP contribution < -0.4 is 11.1 Å². The van der Waals surface area contributed by atoms with Crippen molar-refractivity contribution in [2.24, 2.45) is 0 Å². The number of hydrogen-bond donors (Lipinski definition) is 2. The molecule has 1 aromatic carbocycles. The smallest absolute Gasteiger partial charge is 0.256 e. The first-order chi connectivity index (χ1) is 12.1. The normalized spacial score (nSPS) is 14.8. The summed E-state index contributed by atoms with van der Waals surface area (Å²) in [5, 5.41) is 4.16. The Morgan fingerprint density at radius 1 is 1.24 bits per heavy atom. The van der Waals surface area contributed by atoms with Gasteiger partial charge in [-0.1, -0.05) is 22.0 Å². The third-order valence-electron chi connectivity index (χ3n) is 4.31. The fourth-order valence-corrected chi connectivity index (χ4v) is 3.45. The molecule has 0 atom stereocenters. The SMILES string of the molecule is Nc1nccc(-n2cc(C(=O)N3CCNCC3)c3ccc(Br)cc32)n1. The maximum absolute atomic E-state index is 13.0. The summed E-state index contributed by atoms with van der Waals surface area (Å²) < 4.78 is 2.82. The van der Waals surface area contributed by atoms with Gasteiger partial charge in [-0.3, -0.25) is 4.79 Å². The fourth-order valence-electron chi connectivity index (χ4n) is 3.10. The van der Waals surface area contributed by atoms with Gasteiger partial charge >= 0.3 is 0 Å². The second kappa shape index (κ2) is 6.45. The van der Waals surface area contributed by atoms with Gasteiger partial charge in [-0.2, -0.15) is 4.98 Å². The van der Waals surface area contributed by atoms with Crippen LogP contribution in [0, 0.1) is 0 Å². The van der Waals surface area contributed by atoms with Gasteiger partial charge in [-0.05, 0) is 18.2 Å². The Balaban J connectivity index is 1.86. The van der Waals surface area contributed by atoms with Crippen LogP contribution in [0.25, 0.3) is 16.7 Å². The zero-order valence-electron chi connectivity index (χ0n) is 13.4. The standard InChI is InChI=1S/C17H17BrN6O/c18-11-1-2-12-13(16(25)23-7-5-20-6-8-23)10-24(14(12)9-11)15-3-4-21-17(19)22-15/h1-4,9-10,20H,5-8H2,(H2,19,21,22). The number of nitrogens with zero attached hydrogens (tertiary/aromatic N) is 4. The molecule has 1 fully saturated rings. The Bertz CT molecular complexity index is 947. The number of anilines is 1. The molecule has 0 unspecified atom stereocenters. The largest absolute Gasteiger partial charge is 0.368 e. The van der Waals surface area contributed by atoms with Gasteiger partial charge in [0, 0.05) is 48.4 Å². The third-order valence-corrected chi connectivity index (χ3v) is 4.80. The maximum Gasteiger partial charge on any atom is 0.256 e. The number of nitrogen functional groups attached to an aromatic ring is 1. The average Bonchev–Trinajstić information content (AvgIpc) is 3.00. The first-order valence-electron chi connectivity index (χ1n) is 8.03. The summed E-state index contributed by atoms with van der Waals surface area (Å²) in [5.41, 5.74) is 7.29. The van der Waals surface area contributed by atoms with Gasteiger partial charge in [0.05, 0.1) is 11.1 Å². The Labute approximate surface area is 153 Å². The van der Waals surface area contributed by atoms with Crippen LogP contribution in [0.1, 0.15) is 10.4 Å². The summed E-state index contributed by atoms with van der Waals surface area (Å²) in [7, 11) is 0. The van der Waals surface area contributed by atoms with E-state index in [9.17, 15) is 4.79 Å². The number of hydrogen-bond acceptors (Lipinski definition) is 5. The minimum Gasteiger partial charge on any atom is -0.368 e. The number of nitrogens with one attached hydrogen (secondary N) is 1. The number of aromatic nitrogens is 3. The lowest BCUT2D eigenvalue weighted by Gasteiger charge is -2.27. The van der Waals surface area contributed by atoms with Gasteiger partial charge in [-0.15, -0.1) is 0 Å². The molecular formula is C17H17BrN6O. The molecule has 25 heavy (non-hydrogen) atoms. The van der Waals surface area contributed by atoms with Crippen LogP contribution in [0.3, 0.4) is 0 Å². The van der Waals surface area contributed by atoms with E-state index in [-0.39, 0.29) is 11.9 Å². The van der Waals surface area contributed by atoms with Gasteiger partial charge in [0.2, 0.25) is 5.95 Å². The lowest BCUT2D eigenvalue weighted by atomic mass is 10.1. The number of nitrogens with two attached hydrogens (primary N) is 1. The number of carbonyl (C=O) groups is 1. The molecule has 1 saturated heterocycles. The van der Waals surface area contributed by atoms with Gasteiger partial charge in [0.15, 0.2) is 0 Å². The summed E-state index contributed by atoms with van der Waals surface area (Å²) in [5.74, 6) is 0.869. The number of rotatable bonds is 2. The van der Waals surface area contributed by atoms with Gasteiger partial charge in [0.1, 0.15) is 5.82 Å². The number of amides is 1. The van der Waals surface area contributed by atoms with E-state index in [1.807, 2.05) is 33.9 Å². The lowest BCUT2D eigenvalue weighted by molar-refractivity contribution is 0.0737. The zero-order valence-corrected chi connectivity index (χ0v) is 15.0. The van der Waals surface area contributed by atoms with E-state index in [0.29, 0.717) is 24.5 Å². The van der Waals surface area contributed by atoms with E-state index in [1.54, 1.807) is 12.3 Å². The van der Waals surface area contributed by atoms with Crippen LogP contribution in [-0.4, -0.2) is 51.5 Å². The topological polar surface area (TPSA) is 89.1 Å². The number of halogens is 1. The molecule has 0 radical (unpaired) electrons. The highest BCUT2D eigenvalue weighted by Crippen LogP contribution is 2.28. The molecule has 1 amide bonds. The highest BCUT2D eigenvalue weighted by molar-refractivity contribution is 9.10. The Hall–Kier alpha value is -2.45. The minimum atomic E-state index is 0.0367. The van der Waals surface area contributed by atoms with Crippen molar-refractivity contribution in [3.8, 4) is 5.82 Å². The molecule has 3 heterocycles. The van der Waals surface area contributed by atoms with Crippen molar-refractivity contribution in [2.45, 2.75) is 0 Å². The quantitative estimate of drug-likeness (QED) is 0.684. The van der Waals surface area contributed by atoms with Crippen molar-refractivity contribution in [3.63, 3.8) is 0 Å². The fraction of sp³-hybridized carbons (Fsp3) is 0.235. The summed E-state index contributed by atoms with van der Waals surface area (Å²) in [6.45, 7) is 3.06. The Morgan fingerprint density at radius 2 is 2.04 bits per heavy atom. The molecule has 3 N–H and O–H groups in total. The van der Waals surface area contributed by atoms with E-state index < -0.39 is 0 Å². The van der Waals surface area contributed by atoms with Crippen molar-refractivity contribution >= 4 is 38.7 Å². The van der Waals surface area contributed by atoms with E-state index in [4.69, 9.17) is 5.73 Å². The molecule has 1 aliphatic rings. The molecule has 7 nitrogen and oxygen atoms in total. The van der Waals surface area contributed by atoms with Crippen molar-refractivity contribution < 1.29 is 4.79 Å². The van der Waals surface area contributed by atoms with Gasteiger partial charge in [0.25, 0.3) is 5.91 Å². The highest BCUT2D eigenvalue weighted by Gasteiger charge is 2.23. The van der Waals surface area contributed by atoms with Crippen molar-refractivity contribution in [1.29, 1.82) is 0 Å². The number of piperazine rings is 1. The summed E-state index contributed by atoms with van der Waals surface area (Å²) in [4.78, 5) is 23.1. The summed E-state index contributed by atoms with van der Waals surface area (Å²) in [6.07, 6.45) is 3.45. The average molecular weight is 401 g/mol. The summed E-state index contributed by atoms with van der Waals surface area (Å²) >= 11 is 3.50. The van der Waals surface area contributed by atoms with E-state index in [0.717, 1.165) is 28.5 Å². The maximum atomic E-state index is 13.0. The molecule has 4 rings (SSSR count). The molecular weight excluding hydrogens is 384 g/mol. The Morgan fingerprint density at radius 3 is 2.80 bits per heavy atom. The molecule has 8 heteroatoms. The Kier molecular flexibility index (Phi) is 4.14. The predicted octanol–water partition coefficient (Wildman–Crippen LogP) is 1.81. The molecule has 3 aromatic rings.